The lowest BCUT2D eigenvalue weighted by atomic mass is 10.2. The highest BCUT2D eigenvalue weighted by molar-refractivity contribution is 6.33. The number of nitrogens with one attached hydrogen (secondary N) is 2. The van der Waals surface area contributed by atoms with Gasteiger partial charge in [-0.3, -0.25) is 15.2 Å². The summed E-state index contributed by atoms with van der Waals surface area (Å²) >= 11 is 6.17. The Labute approximate surface area is 170 Å². The number of nitrogens with zero attached hydrogens (tertiary/aromatic N) is 5. The Hall–Kier alpha value is -3.72. The highest BCUT2D eigenvalue weighted by atomic mass is 35.5. The number of aromatic amines is 1. The summed E-state index contributed by atoms with van der Waals surface area (Å²) in [4.78, 5) is 16.9. The Kier molecular flexibility index (Phi) is 4.96. The standard InChI is InChI=1S/C19H16ClN7O2/c1-11-16(23-26-27(11)12-7-9-13(29-2)10-8-12)18(28)22-19-21-17(24-25-19)14-5-3-4-6-15(14)20/h3-10H,1-2H3,(H2,21,22,24,25,28). The van der Waals surface area contributed by atoms with Gasteiger partial charge in [-0.1, -0.05) is 28.9 Å². The number of amides is 1. The SMILES string of the molecule is COc1ccc(-n2nnc(C(=O)Nc3n[nH]c(-c4ccccc4Cl)n3)c2C)cc1. The minimum absolute atomic E-state index is 0.114. The molecule has 0 unspecified atom stereocenters. The van der Waals surface area contributed by atoms with Crippen molar-refractivity contribution in [3.8, 4) is 22.8 Å². The number of halogens is 1. The van der Waals surface area contributed by atoms with Crippen LogP contribution in [0, 0.1) is 6.92 Å². The average Bonchev–Trinajstić information content (AvgIpc) is 3.35. The maximum atomic E-state index is 12.6. The van der Waals surface area contributed by atoms with E-state index in [0.29, 0.717) is 22.1 Å². The second-order valence-electron chi connectivity index (χ2n) is 6.07. The van der Waals surface area contributed by atoms with E-state index in [-0.39, 0.29) is 11.6 Å². The Morgan fingerprint density at radius 2 is 1.93 bits per heavy atom. The van der Waals surface area contributed by atoms with E-state index in [0.717, 1.165) is 11.4 Å². The molecule has 0 bridgehead atoms. The second kappa shape index (κ2) is 7.72. The van der Waals surface area contributed by atoms with E-state index in [2.05, 4.69) is 30.8 Å². The molecule has 0 atom stereocenters. The van der Waals surface area contributed by atoms with Crippen molar-refractivity contribution in [2.75, 3.05) is 12.4 Å². The maximum absolute atomic E-state index is 12.6. The van der Waals surface area contributed by atoms with E-state index in [1.807, 2.05) is 24.3 Å². The third-order valence-electron chi connectivity index (χ3n) is 4.27. The van der Waals surface area contributed by atoms with Crippen LogP contribution in [0.3, 0.4) is 0 Å². The molecule has 2 N–H and O–H groups in total. The fourth-order valence-corrected chi connectivity index (χ4v) is 2.99. The molecule has 4 rings (SSSR count). The molecule has 0 saturated carbocycles. The Morgan fingerprint density at radius 1 is 1.17 bits per heavy atom. The summed E-state index contributed by atoms with van der Waals surface area (Å²) in [7, 11) is 1.60. The maximum Gasteiger partial charge on any atom is 0.280 e. The summed E-state index contributed by atoms with van der Waals surface area (Å²) in [6.45, 7) is 1.76. The van der Waals surface area contributed by atoms with Crippen LogP contribution in [-0.4, -0.2) is 43.2 Å². The largest absolute Gasteiger partial charge is 0.497 e. The van der Waals surface area contributed by atoms with Gasteiger partial charge in [0, 0.05) is 5.56 Å². The van der Waals surface area contributed by atoms with E-state index in [9.17, 15) is 4.79 Å². The zero-order valence-electron chi connectivity index (χ0n) is 15.5. The molecule has 10 heteroatoms. The summed E-state index contributed by atoms with van der Waals surface area (Å²) in [6, 6.07) is 14.5. The normalized spacial score (nSPS) is 10.7. The van der Waals surface area contributed by atoms with Crippen LogP contribution in [0.2, 0.25) is 5.02 Å². The van der Waals surface area contributed by atoms with E-state index in [1.165, 1.54) is 0 Å². The highest BCUT2D eigenvalue weighted by Crippen LogP contribution is 2.25. The van der Waals surface area contributed by atoms with Crippen LogP contribution in [0.25, 0.3) is 17.1 Å². The number of H-pyrrole nitrogens is 1. The van der Waals surface area contributed by atoms with Gasteiger partial charge in [-0.2, -0.15) is 4.98 Å². The first-order chi connectivity index (χ1) is 14.1. The molecule has 2 aromatic carbocycles. The Bertz CT molecular complexity index is 1170. The fourth-order valence-electron chi connectivity index (χ4n) is 2.76. The van der Waals surface area contributed by atoms with E-state index in [1.54, 1.807) is 43.0 Å². The van der Waals surface area contributed by atoms with Crippen LogP contribution in [0.1, 0.15) is 16.2 Å². The number of carbonyl (C=O) groups is 1. The van der Waals surface area contributed by atoms with Gasteiger partial charge in [0.1, 0.15) is 5.75 Å². The van der Waals surface area contributed by atoms with Gasteiger partial charge in [0.15, 0.2) is 11.5 Å². The quantitative estimate of drug-likeness (QED) is 0.523. The molecular weight excluding hydrogens is 394 g/mol. The van der Waals surface area contributed by atoms with Gasteiger partial charge in [-0.05, 0) is 43.3 Å². The van der Waals surface area contributed by atoms with Crippen LogP contribution in [0.4, 0.5) is 5.95 Å². The molecule has 0 aliphatic rings. The molecule has 0 spiro atoms. The first-order valence-corrected chi connectivity index (χ1v) is 9.00. The van der Waals surface area contributed by atoms with Crippen molar-refractivity contribution in [3.63, 3.8) is 0 Å². The van der Waals surface area contributed by atoms with E-state index < -0.39 is 5.91 Å². The second-order valence-corrected chi connectivity index (χ2v) is 6.48. The zero-order chi connectivity index (χ0) is 20.4. The molecule has 2 aromatic heterocycles. The number of benzene rings is 2. The predicted molar refractivity (Wildman–Crippen MR) is 107 cm³/mol. The molecule has 0 fully saturated rings. The number of hydrogen-bond donors (Lipinski definition) is 2. The molecule has 0 aliphatic heterocycles. The highest BCUT2D eigenvalue weighted by Gasteiger charge is 2.19. The Balaban J connectivity index is 1.54. The number of aromatic nitrogens is 6. The molecule has 146 valence electrons. The molecule has 1 amide bonds. The molecule has 4 aromatic rings. The van der Waals surface area contributed by atoms with Crippen molar-refractivity contribution in [1.82, 2.24) is 30.2 Å². The number of rotatable bonds is 5. The summed E-state index contributed by atoms with van der Waals surface area (Å²) < 4.78 is 6.72. The number of hydrogen-bond acceptors (Lipinski definition) is 6. The number of ether oxygens (including phenoxy) is 1. The van der Waals surface area contributed by atoms with Crippen LogP contribution < -0.4 is 10.1 Å². The van der Waals surface area contributed by atoms with Crippen LogP contribution >= 0.6 is 11.6 Å². The monoisotopic (exact) mass is 409 g/mol. The van der Waals surface area contributed by atoms with Crippen LogP contribution in [0.15, 0.2) is 48.5 Å². The zero-order valence-corrected chi connectivity index (χ0v) is 16.3. The minimum Gasteiger partial charge on any atom is -0.497 e. The number of anilines is 1. The van der Waals surface area contributed by atoms with Crippen molar-refractivity contribution < 1.29 is 9.53 Å². The smallest absolute Gasteiger partial charge is 0.280 e. The molecular formula is C19H16ClN7O2. The lowest BCUT2D eigenvalue weighted by molar-refractivity contribution is 0.102. The molecule has 0 saturated heterocycles. The molecule has 0 radical (unpaired) electrons. The van der Waals surface area contributed by atoms with Crippen molar-refractivity contribution in [1.29, 1.82) is 0 Å². The molecule has 0 aliphatic carbocycles. The average molecular weight is 410 g/mol. The number of methoxy groups -OCH3 is 1. The minimum atomic E-state index is -0.466. The Morgan fingerprint density at radius 3 is 2.66 bits per heavy atom. The van der Waals surface area contributed by atoms with Gasteiger partial charge in [0.25, 0.3) is 5.91 Å². The van der Waals surface area contributed by atoms with Gasteiger partial charge < -0.3 is 4.74 Å². The lowest BCUT2D eigenvalue weighted by Crippen LogP contribution is -2.15. The first-order valence-electron chi connectivity index (χ1n) is 8.62. The van der Waals surface area contributed by atoms with E-state index >= 15 is 0 Å². The molecule has 2 heterocycles. The third-order valence-corrected chi connectivity index (χ3v) is 4.60. The molecule has 9 nitrogen and oxygen atoms in total. The van der Waals surface area contributed by atoms with Crippen LogP contribution in [0.5, 0.6) is 5.75 Å². The van der Waals surface area contributed by atoms with Gasteiger partial charge in [0.05, 0.1) is 23.5 Å². The van der Waals surface area contributed by atoms with Gasteiger partial charge in [-0.15, -0.1) is 10.2 Å². The van der Waals surface area contributed by atoms with Gasteiger partial charge >= 0.3 is 0 Å². The summed E-state index contributed by atoms with van der Waals surface area (Å²) in [5.74, 6) is 0.822. The van der Waals surface area contributed by atoms with Crippen molar-refractivity contribution in [2.24, 2.45) is 0 Å². The van der Waals surface area contributed by atoms with Crippen molar-refractivity contribution >= 4 is 23.5 Å². The number of carbonyl (C=O) groups excluding carboxylic acids is 1. The molecule has 29 heavy (non-hydrogen) atoms. The topological polar surface area (TPSA) is 111 Å². The van der Waals surface area contributed by atoms with Gasteiger partial charge in [0.2, 0.25) is 5.95 Å². The summed E-state index contributed by atoms with van der Waals surface area (Å²) in [6.07, 6.45) is 0. The summed E-state index contributed by atoms with van der Waals surface area (Å²) in [5.41, 5.74) is 2.19. The fraction of sp³-hybridized carbons (Fsp3) is 0.105. The lowest BCUT2D eigenvalue weighted by Gasteiger charge is -2.05. The third kappa shape index (κ3) is 3.67. The van der Waals surface area contributed by atoms with Gasteiger partial charge in [-0.25, -0.2) is 4.68 Å². The summed E-state index contributed by atoms with van der Waals surface area (Å²) in [5, 5.41) is 18.0. The van der Waals surface area contributed by atoms with Crippen molar-refractivity contribution in [2.45, 2.75) is 6.92 Å². The van der Waals surface area contributed by atoms with E-state index in [4.69, 9.17) is 16.3 Å². The first kappa shape index (κ1) is 18.6. The van der Waals surface area contributed by atoms with Crippen LogP contribution in [-0.2, 0) is 0 Å². The van der Waals surface area contributed by atoms with Crippen molar-refractivity contribution in [3.05, 3.63) is 64.9 Å². The predicted octanol–water partition coefficient (Wildman–Crippen LogP) is 3.28.